The second kappa shape index (κ2) is 9.34. The molecule has 30 heavy (non-hydrogen) atoms. The molecule has 2 saturated heterocycles. The standard InChI is InChI=1S/C23H29N3O4/c1-2-29-20-9-4-3-8-18(20)26-16-17(14-22(26)27)23(28)24-15-19(21-10-7-13-30-21)25-11-5-6-12-25/h3-4,7-10,13,17,19H,2,5-6,11-12,14-16H2,1H3,(H,24,28). The molecule has 2 aromatic rings. The SMILES string of the molecule is CCOc1ccccc1N1CC(C(=O)NCC(c2ccco2)N2CCCC2)CC1=O. The van der Waals surface area contributed by atoms with E-state index >= 15 is 0 Å². The van der Waals surface area contributed by atoms with Crippen LogP contribution in [0.5, 0.6) is 5.75 Å². The molecule has 2 amide bonds. The van der Waals surface area contributed by atoms with Crippen LogP contribution in [0.1, 0.15) is 38.0 Å². The van der Waals surface area contributed by atoms with Gasteiger partial charge in [-0.1, -0.05) is 12.1 Å². The Morgan fingerprint density at radius 1 is 1.23 bits per heavy atom. The van der Waals surface area contributed by atoms with Crippen molar-refractivity contribution in [3.63, 3.8) is 0 Å². The van der Waals surface area contributed by atoms with Crippen LogP contribution >= 0.6 is 0 Å². The van der Waals surface area contributed by atoms with E-state index in [0.717, 1.165) is 37.4 Å². The summed E-state index contributed by atoms with van der Waals surface area (Å²) < 4.78 is 11.3. The van der Waals surface area contributed by atoms with Crippen LogP contribution in [0.25, 0.3) is 0 Å². The Bertz CT molecular complexity index is 861. The Morgan fingerprint density at radius 3 is 2.77 bits per heavy atom. The van der Waals surface area contributed by atoms with Gasteiger partial charge >= 0.3 is 0 Å². The summed E-state index contributed by atoms with van der Waals surface area (Å²) in [6.45, 7) is 5.29. The van der Waals surface area contributed by atoms with Crippen LogP contribution in [0.15, 0.2) is 47.1 Å². The molecule has 2 fully saturated rings. The van der Waals surface area contributed by atoms with Crippen molar-refractivity contribution in [3.8, 4) is 5.75 Å². The zero-order valence-corrected chi connectivity index (χ0v) is 17.4. The highest BCUT2D eigenvalue weighted by Crippen LogP contribution is 2.33. The van der Waals surface area contributed by atoms with Crippen molar-refractivity contribution < 1.29 is 18.7 Å². The maximum absolute atomic E-state index is 12.9. The third kappa shape index (κ3) is 4.36. The van der Waals surface area contributed by atoms with Crippen LogP contribution in [0.2, 0.25) is 0 Å². The first-order valence-electron chi connectivity index (χ1n) is 10.7. The molecular formula is C23H29N3O4. The number of para-hydroxylation sites is 2. The van der Waals surface area contributed by atoms with E-state index in [-0.39, 0.29) is 30.2 Å². The molecule has 160 valence electrons. The van der Waals surface area contributed by atoms with E-state index in [0.29, 0.717) is 25.4 Å². The smallest absolute Gasteiger partial charge is 0.227 e. The Balaban J connectivity index is 1.40. The van der Waals surface area contributed by atoms with Gasteiger partial charge in [-0.15, -0.1) is 0 Å². The molecule has 0 radical (unpaired) electrons. The van der Waals surface area contributed by atoms with Crippen LogP contribution < -0.4 is 15.0 Å². The number of nitrogens with one attached hydrogen (secondary N) is 1. The van der Waals surface area contributed by atoms with Gasteiger partial charge in [-0.25, -0.2) is 0 Å². The molecular weight excluding hydrogens is 382 g/mol. The second-order valence-corrected chi connectivity index (χ2v) is 7.83. The molecule has 2 aliphatic rings. The highest BCUT2D eigenvalue weighted by Gasteiger charge is 2.37. The van der Waals surface area contributed by atoms with E-state index in [1.807, 2.05) is 43.3 Å². The Kier molecular flexibility index (Phi) is 6.38. The monoisotopic (exact) mass is 411 g/mol. The van der Waals surface area contributed by atoms with Gasteiger partial charge in [-0.05, 0) is 57.1 Å². The van der Waals surface area contributed by atoms with Crippen molar-refractivity contribution in [1.29, 1.82) is 0 Å². The summed E-state index contributed by atoms with van der Waals surface area (Å²) in [6, 6.07) is 11.3. The molecule has 0 bridgehead atoms. The summed E-state index contributed by atoms with van der Waals surface area (Å²) in [4.78, 5) is 29.6. The van der Waals surface area contributed by atoms with Crippen LogP contribution in [-0.4, -0.2) is 49.5 Å². The first kappa shape index (κ1) is 20.5. The molecule has 4 rings (SSSR count). The number of carbonyl (C=O) groups is 2. The normalized spacial score (nSPS) is 20.5. The summed E-state index contributed by atoms with van der Waals surface area (Å²) in [7, 11) is 0. The Morgan fingerprint density at radius 2 is 2.03 bits per heavy atom. The predicted molar refractivity (Wildman–Crippen MR) is 113 cm³/mol. The third-order valence-electron chi connectivity index (χ3n) is 5.87. The molecule has 1 aromatic carbocycles. The average molecular weight is 412 g/mol. The largest absolute Gasteiger partial charge is 0.492 e. The summed E-state index contributed by atoms with van der Waals surface area (Å²) >= 11 is 0. The number of furan rings is 1. The second-order valence-electron chi connectivity index (χ2n) is 7.83. The lowest BCUT2D eigenvalue weighted by Crippen LogP contribution is -2.39. The van der Waals surface area contributed by atoms with Crippen molar-refractivity contribution in [2.45, 2.75) is 32.2 Å². The van der Waals surface area contributed by atoms with E-state index in [1.54, 1.807) is 11.2 Å². The van der Waals surface area contributed by atoms with Gasteiger partial charge < -0.3 is 19.4 Å². The van der Waals surface area contributed by atoms with E-state index in [4.69, 9.17) is 9.15 Å². The van der Waals surface area contributed by atoms with Gasteiger partial charge in [-0.3, -0.25) is 14.5 Å². The quantitative estimate of drug-likeness (QED) is 0.723. The number of likely N-dealkylation sites (tertiary alicyclic amines) is 1. The van der Waals surface area contributed by atoms with Crippen LogP contribution in [-0.2, 0) is 9.59 Å². The number of benzene rings is 1. The molecule has 2 aliphatic heterocycles. The molecule has 0 aliphatic carbocycles. The molecule has 2 atom stereocenters. The fraction of sp³-hybridized carbons (Fsp3) is 0.478. The molecule has 0 saturated carbocycles. The summed E-state index contributed by atoms with van der Waals surface area (Å²) in [5.74, 6) is 1.02. The van der Waals surface area contributed by atoms with E-state index < -0.39 is 0 Å². The summed E-state index contributed by atoms with van der Waals surface area (Å²) in [5.41, 5.74) is 0.727. The van der Waals surface area contributed by atoms with Crippen LogP contribution in [0.4, 0.5) is 5.69 Å². The van der Waals surface area contributed by atoms with Crippen molar-refractivity contribution in [1.82, 2.24) is 10.2 Å². The zero-order chi connectivity index (χ0) is 20.9. The first-order chi connectivity index (χ1) is 14.7. The molecule has 2 unspecified atom stereocenters. The minimum absolute atomic E-state index is 0.0262. The number of carbonyl (C=O) groups excluding carboxylic acids is 2. The molecule has 3 heterocycles. The molecule has 7 nitrogen and oxygen atoms in total. The van der Waals surface area contributed by atoms with Crippen LogP contribution in [0, 0.1) is 5.92 Å². The molecule has 0 spiro atoms. The third-order valence-corrected chi connectivity index (χ3v) is 5.87. The minimum Gasteiger partial charge on any atom is -0.492 e. The van der Waals surface area contributed by atoms with E-state index in [2.05, 4.69) is 10.2 Å². The zero-order valence-electron chi connectivity index (χ0n) is 17.4. The van der Waals surface area contributed by atoms with E-state index in [1.165, 1.54) is 0 Å². The summed E-state index contributed by atoms with van der Waals surface area (Å²) in [6.07, 6.45) is 4.21. The Labute approximate surface area is 177 Å². The van der Waals surface area contributed by atoms with Gasteiger partial charge in [0.15, 0.2) is 0 Å². The summed E-state index contributed by atoms with van der Waals surface area (Å²) in [5, 5.41) is 3.07. The fourth-order valence-electron chi connectivity index (χ4n) is 4.36. The topological polar surface area (TPSA) is 75.0 Å². The maximum atomic E-state index is 12.9. The first-order valence-corrected chi connectivity index (χ1v) is 10.7. The van der Waals surface area contributed by atoms with Crippen LogP contribution in [0.3, 0.4) is 0 Å². The minimum atomic E-state index is -0.372. The highest BCUT2D eigenvalue weighted by atomic mass is 16.5. The lowest BCUT2D eigenvalue weighted by molar-refractivity contribution is -0.126. The van der Waals surface area contributed by atoms with Crippen molar-refractivity contribution in [3.05, 3.63) is 48.4 Å². The van der Waals surface area contributed by atoms with Gasteiger partial charge in [0, 0.05) is 19.5 Å². The van der Waals surface area contributed by atoms with Gasteiger partial charge in [0.05, 0.1) is 30.5 Å². The van der Waals surface area contributed by atoms with Gasteiger partial charge in [0.1, 0.15) is 11.5 Å². The van der Waals surface area contributed by atoms with Crippen molar-refractivity contribution >= 4 is 17.5 Å². The number of anilines is 1. The maximum Gasteiger partial charge on any atom is 0.227 e. The van der Waals surface area contributed by atoms with Gasteiger partial charge in [0.2, 0.25) is 11.8 Å². The van der Waals surface area contributed by atoms with Crippen molar-refractivity contribution in [2.24, 2.45) is 5.92 Å². The number of nitrogens with zero attached hydrogens (tertiary/aromatic N) is 2. The molecule has 1 N–H and O–H groups in total. The van der Waals surface area contributed by atoms with Gasteiger partial charge in [0.25, 0.3) is 0 Å². The lowest BCUT2D eigenvalue weighted by Gasteiger charge is -2.26. The lowest BCUT2D eigenvalue weighted by atomic mass is 10.1. The fourth-order valence-corrected chi connectivity index (χ4v) is 4.36. The predicted octanol–water partition coefficient (Wildman–Crippen LogP) is 2.98. The highest BCUT2D eigenvalue weighted by molar-refractivity contribution is 6.01. The molecule has 7 heteroatoms. The van der Waals surface area contributed by atoms with Gasteiger partial charge in [-0.2, -0.15) is 0 Å². The Hall–Kier alpha value is -2.80. The number of rotatable bonds is 8. The van der Waals surface area contributed by atoms with Crippen molar-refractivity contribution in [2.75, 3.05) is 37.7 Å². The average Bonchev–Trinajstić information content (AvgIpc) is 3.51. The number of hydrogen-bond acceptors (Lipinski definition) is 5. The molecule has 1 aromatic heterocycles. The number of amides is 2. The van der Waals surface area contributed by atoms with E-state index in [9.17, 15) is 9.59 Å². The number of ether oxygens (including phenoxy) is 1. The number of hydrogen-bond donors (Lipinski definition) is 1.